The normalized spacial score (nSPS) is 20.7. The summed E-state index contributed by atoms with van der Waals surface area (Å²) in [7, 11) is 0. The van der Waals surface area contributed by atoms with E-state index in [0.717, 1.165) is 36.1 Å². The highest BCUT2D eigenvalue weighted by molar-refractivity contribution is 6.08. The molecule has 1 aliphatic carbocycles. The number of urea groups is 1. The van der Waals surface area contributed by atoms with Crippen LogP contribution in [0.1, 0.15) is 39.9 Å². The lowest BCUT2D eigenvalue weighted by atomic mass is 9.90. The van der Waals surface area contributed by atoms with E-state index in [1.54, 1.807) is 19.1 Å². The van der Waals surface area contributed by atoms with Crippen molar-refractivity contribution >= 4 is 17.8 Å². The molecule has 1 saturated heterocycles. The first kappa shape index (κ1) is 21.9. The van der Waals surface area contributed by atoms with E-state index in [0.29, 0.717) is 11.1 Å². The van der Waals surface area contributed by atoms with Crippen molar-refractivity contribution in [2.75, 3.05) is 6.54 Å². The van der Waals surface area contributed by atoms with Gasteiger partial charge in [0.05, 0.1) is 12.1 Å². The van der Waals surface area contributed by atoms with E-state index >= 15 is 0 Å². The maximum absolute atomic E-state index is 13.1. The highest BCUT2D eigenvalue weighted by Gasteiger charge is 2.56. The van der Waals surface area contributed by atoms with Crippen LogP contribution in [0.15, 0.2) is 36.4 Å². The molecule has 0 spiro atoms. The lowest BCUT2D eigenvalue weighted by Gasteiger charge is -2.26. The Balaban J connectivity index is 1.64. The number of imide groups is 1. The summed E-state index contributed by atoms with van der Waals surface area (Å²) in [4.78, 5) is 37.2. The minimum atomic E-state index is -4.45. The summed E-state index contributed by atoms with van der Waals surface area (Å²) >= 11 is 0. The predicted molar refractivity (Wildman–Crippen MR) is 111 cm³/mol. The van der Waals surface area contributed by atoms with Gasteiger partial charge in [0.2, 0.25) is 0 Å². The lowest BCUT2D eigenvalue weighted by Crippen LogP contribution is -2.57. The number of nitrogens with one attached hydrogen (secondary N) is 3. The van der Waals surface area contributed by atoms with Gasteiger partial charge in [-0.05, 0) is 73.1 Å². The zero-order valence-electron chi connectivity index (χ0n) is 17.5. The molecule has 1 heterocycles. The maximum atomic E-state index is 13.1. The van der Waals surface area contributed by atoms with Crippen molar-refractivity contribution in [3.63, 3.8) is 0 Å². The number of alkyl halides is 3. The number of halogens is 3. The minimum absolute atomic E-state index is 0.0524. The number of hydrogen-bond donors (Lipinski definition) is 3. The molecule has 0 unspecified atom stereocenters. The Morgan fingerprint density at radius 2 is 1.75 bits per heavy atom. The highest BCUT2D eigenvalue weighted by Crippen LogP contribution is 2.41. The second kappa shape index (κ2) is 7.65. The Hall–Kier alpha value is -3.36. The third-order valence-electron chi connectivity index (χ3n) is 6.25. The first-order valence-corrected chi connectivity index (χ1v) is 10.2. The van der Waals surface area contributed by atoms with Crippen molar-refractivity contribution in [1.82, 2.24) is 16.0 Å². The third kappa shape index (κ3) is 3.83. The standard InChI is InChI=1S/C23H22F3N3O3/c1-12-3-10-17(18(13(12)2)14-4-6-16(7-5-14)23(24,25)26)19(30)27-11-22(15-8-9-15)20(31)28-21(32)29-22/h3-7,10,15H,8-9,11H2,1-2H3,(H,27,30)(H2,28,29,31,32)/t22-/m0/s1. The van der Waals surface area contributed by atoms with Crippen LogP contribution in [0.4, 0.5) is 18.0 Å². The van der Waals surface area contributed by atoms with E-state index in [2.05, 4.69) is 16.0 Å². The second-order valence-electron chi connectivity index (χ2n) is 8.34. The number of amides is 4. The van der Waals surface area contributed by atoms with Gasteiger partial charge in [0, 0.05) is 5.56 Å². The summed E-state index contributed by atoms with van der Waals surface area (Å²) in [5.41, 5.74) is 0.982. The molecule has 1 atom stereocenters. The van der Waals surface area contributed by atoms with Crippen LogP contribution in [-0.4, -0.2) is 29.9 Å². The number of aryl methyl sites for hydroxylation is 1. The molecule has 168 valence electrons. The fourth-order valence-electron chi connectivity index (χ4n) is 4.16. The van der Waals surface area contributed by atoms with Gasteiger partial charge in [-0.15, -0.1) is 0 Å². The quantitative estimate of drug-likeness (QED) is 0.614. The van der Waals surface area contributed by atoms with Crippen molar-refractivity contribution in [2.45, 2.75) is 38.4 Å². The zero-order chi connectivity index (χ0) is 23.3. The first-order chi connectivity index (χ1) is 15.0. The summed E-state index contributed by atoms with van der Waals surface area (Å²) in [6.07, 6.45) is -2.92. The molecule has 0 radical (unpaired) electrons. The van der Waals surface area contributed by atoms with Crippen molar-refractivity contribution in [3.05, 3.63) is 58.7 Å². The van der Waals surface area contributed by atoms with Gasteiger partial charge in [-0.3, -0.25) is 14.9 Å². The molecule has 4 rings (SSSR count). The number of benzene rings is 2. The van der Waals surface area contributed by atoms with Crippen LogP contribution in [0.2, 0.25) is 0 Å². The Bertz CT molecular complexity index is 1110. The van der Waals surface area contributed by atoms with Crippen LogP contribution in [0, 0.1) is 19.8 Å². The van der Waals surface area contributed by atoms with Gasteiger partial charge >= 0.3 is 12.2 Å². The van der Waals surface area contributed by atoms with Gasteiger partial charge < -0.3 is 10.6 Å². The van der Waals surface area contributed by atoms with Crippen molar-refractivity contribution in [1.29, 1.82) is 0 Å². The average molecular weight is 445 g/mol. The van der Waals surface area contributed by atoms with Crippen LogP contribution in [0.25, 0.3) is 11.1 Å². The molecule has 0 aromatic heterocycles. The SMILES string of the molecule is Cc1ccc(C(=O)NC[C@@]2(C3CC3)NC(=O)NC2=O)c(-c2ccc(C(F)(F)F)cc2)c1C. The summed E-state index contributed by atoms with van der Waals surface area (Å²) < 4.78 is 38.9. The fourth-order valence-corrected chi connectivity index (χ4v) is 4.16. The highest BCUT2D eigenvalue weighted by atomic mass is 19.4. The molecule has 1 aliphatic heterocycles. The van der Waals surface area contributed by atoms with Gasteiger partial charge in [0.15, 0.2) is 0 Å². The number of hydrogen-bond acceptors (Lipinski definition) is 3. The molecular formula is C23H22F3N3O3. The van der Waals surface area contributed by atoms with Crippen molar-refractivity contribution < 1.29 is 27.6 Å². The summed E-state index contributed by atoms with van der Waals surface area (Å²) in [5, 5.41) is 7.64. The Morgan fingerprint density at radius 1 is 1.09 bits per heavy atom. The lowest BCUT2D eigenvalue weighted by molar-refractivity contribution is -0.137. The van der Waals surface area contributed by atoms with Crippen molar-refractivity contribution in [3.8, 4) is 11.1 Å². The van der Waals surface area contributed by atoms with Crippen LogP contribution < -0.4 is 16.0 Å². The molecule has 3 N–H and O–H groups in total. The monoisotopic (exact) mass is 445 g/mol. The molecule has 6 nitrogen and oxygen atoms in total. The van der Waals surface area contributed by atoms with E-state index in [9.17, 15) is 27.6 Å². The summed E-state index contributed by atoms with van der Waals surface area (Å²) in [6, 6.07) is 7.45. The van der Waals surface area contributed by atoms with Gasteiger partial charge in [0.1, 0.15) is 5.54 Å². The largest absolute Gasteiger partial charge is 0.416 e. The van der Waals surface area contributed by atoms with E-state index in [4.69, 9.17) is 0 Å². The van der Waals surface area contributed by atoms with E-state index in [1.165, 1.54) is 12.1 Å². The van der Waals surface area contributed by atoms with Crippen molar-refractivity contribution in [2.24, 2.45) is 5.92 Å². The Labute approximate surface area is 182 Å². The first-order valence-electron chi connectivity index (χ1n) is 10.2. The number of rotatable bonds is 5. The average Bonchev–Trinajstić information content (AvgIpc) is 3.53. The second-order valence-corrected chi connectivity index (χ2v) is 8.34. The summed E-state index contributed by atoms with van der Waals surface area (Å²) in [5.74, 6) is -0.992. The molecule has 9 heteroatoms. The van der Waals surface area contributed by atoms with E-state index < -0.39 is 35.1 Å². The molecule has 2 aliphatic rings. The Morgan fingerprint density at radius 3 is 2.28 bits per heavy atom. The minimum Gasteiger partial charge on any atom is -0.349 e. The molecule has 2 aromatic rings. The fraction of sp³-hybridized carbons (Fsp3) is 0.348. The molecule has 2 aromatic carbocycles. The molecule has 4 amide bonds. The number of carbonyl (C=O) groups excluding carboxylic acids is 3. The van der Waals surface area contributed by atoms with Crippen LogP contribution in [-0.2, 0) is 11.0 Å². The molecular weight excluding hydrogens is 423 g/mol. The van der Waals surface area contributed by atoms with Crippen LogP contribution in [0.5, 0.6) is 0 Å². The third-order valence-corrected chi connectivity index (χ3v) is 6.25. The topological polar surface area (TPSA) is 87.3 Å². The van der Waals surface area contributed by atoms with Gasteiger partial charge in [-0.25, -0.2) is 4.79 Å². The predicted octanol–water partition coefficient (Wildman–Crippen LogP) is 3.71. The maximum Gasteiger partial charge on any atom is 0.416 e. The smallest absolute Gasteiger partial charge is 0.349 e. The zero-order valence-corrected chi connectivity index (χ0v) is 17.5. The van der Waals surface area contributed by atoms with Crippen LogP contribution in [0.3, 0.4) is 0 Å². The molecule has 0 bridgehead atoms. The van der Waals surface area contributed by atoms with E-state index in [-0.39, 0.29) is 18.0 Å². The molecule has 1 saturated carbocycles. The van der Waals surface area contributed by atoms with Gasteiger partial charge in [-0.2, -0.15) is 13.2 Å². The molecule has 2 fully saturated rings. The Kier molecular flexibility index (Phi) is 5.22. The summed E-state index contributed by atoms with van der Waals surface area (Å²) in [6.45, 7) is 3.58. The van der Waals surface area contributed by atoms with Gasteiger partial charge in [0.25, 0.3) is 11.8 Å². The van der Waals surface area contributed by atoms with E-state index in [1.807, 2.05) is 6.92 Å². The van der Waals surface area contributed by atoms with Gasteiger partial charge in [-0.1, -0.05) is 18.2 Å². The number of carbonyl (C=O) groups is 3. The van der Waals surface area contributed by atoms with Crippen LogP contribution >= 0.6 is 0 Å². The molecule has 32 heavy (non-hydrogen) atoms.